The van der Waals surface area contributed by atoms with Crippen LogP contribution in [0.3, 0.4) is 0 Å². The Labute approximate surface area is 124 Å². The predicted octanol–water partition coefficient (Wildman–Crippen LogP) is 0.640. The van der Waals surface area contributed by atoms with Crippen molar-refractivity contribution in [3.05, 3.63) is 68.5 Å². The van der Waals surface area contributed by atoms with Crippen LogP contribution in [0, 0.1) is 0 Å². The molecule has 0 amide bonds. The fraction of sp³-hybridized carbons (Fsp3) is 0.143. The number of aromatic carboxylic acids is 2. The molecule has 0 spiro atoms. The normalized spacial score (nSPS) is 9.50. The maximum absolute atomic E-state index is 11.2. The van der Waals surface area contributed by atoms with Gasteiger partial charge in [0.25, 0.3) is 11.1 Å². The fourth-order valence-electron chi connectivity index (χ4n) is 1.54. The lowest BCUT2D eigenvalue weighted by atomic mass is 10.3. The number of nitrogens with zero attached hydrogens (tertiary/aromatic N) is 1. The van der Waals surface area contributed by atoms with Gasteiger partial charge in [0.2, 0.25) is 0 Å². The van der Waals surface area contributed by atoms with E-state index in [-0.39, 0.29) is 11.1 Å². The third-order valence-corrected chi connectivity index (χ3v) is 2.64. The first-order valence-corrected chi connectivity index (χ1v) is 6.22. The quantitative estimate of drug-likeness (QED) is 0.763. The largest absolute Gasteiger partial charge is 0.477 e. The van der Waals surface area contributed by atoms with Crippen molar-refractivity contribution in [2.24, 2.45) is 0 Å². The van der Waals surface area contributed by atoms with E-state index in [0.717, 1.165) is 0 Å². The van der Waals surface area contributed by atoms with Gasteiger partial charge >= 0.3 is 11.9 Å². The maximum Gasteiger partial charge on any atom is 0.341 e. The van der Waals surface area contributed by atoms with Crippen LogP contribution in [0.2, 0.25) is 0 Å². The van der Waals surface area contributed by atoms with Gasteiger partial charge in [0.1, 0.15) is 11.1 Å². The second-order valence-electron chi connectivity index (χ2n) is 4.04. The molecule has 0 aliphatic rings. The second kappa shape index (κ2) is 7.58. The highest BCUT2D eigenvalue weighted by molar-refractivity contribution is 5.87. The molecule has 0 saturated heterocycles. The van der Waals surface area contributed by atoms with Gasteiger partial charge in [-0.25, -0.2) is 9.59 Å². The molecule has 0 aliphatic heterocycles. The minimum Gasteiger partial charge on any atom is -0.477 e. The van der Waals surface area contributed by atoms with Crippen LogP contribution in [0.4, 0.5) is 0 Å². The van der Waals surface area contributed by atoms with E-state index >= 15 is 0 Å². The molecule has 22 heavy (non-hydrogen) atoms. The molecule has 0 saturated carbocycles. The average molecular weight is 306 g/mol. The third kappa shape index (κ3) is 4.17. The summed E-state index contributed by atoms with van der Waals surface area (Å²) in [4.78, 5) is 44.8. The van der Waals surface area contributed by atoms with Crippen LogP contribution in [0.5, 0.6) is 0 Å². The monoisotopic (exact) mass is 306 g/mol. The summed E-state index contributed by atoms with van der Waals surface area (Å²) < 4.78 is 1.35. The summed E-state index contributed by atoms with van der Waals surface area (Å²) in [5.41, 5.74) is -1.44. The summed E-state index contributed by atoms with van der Waals surface area (Å²) in [6.07, 6.45) is 2.95. The lowest BCUT2D eigenvalue weighted by molar-refractivity contribution is 0.0683. The SMILES string of the molecule is CCn1cccc(C(=O)O)c1=O.O=C(O)c1ccc[nH]c1=O. The first-order chi connectivity index (χ1) is 10.4. The van der Waals surface area contributed by atoms with E-state index in [1.165, 1.54) is 29.0 Å². The number of hydrogen-bond donors (Lipinski definition) is 3. The Morgan fingerprint density at radius 1 is 1.09 bits per heavy atom. The number of rotatable bonds is 3. The zero-order valence-electron chi connectivity index (χ0n) is 11.6. The molecule has 0 fully saturated rings. The number of H-pyrrole nitrogens is 1. The van der Waals surface area contributed by atoms with Crippen LogP contribution in [0.1, 0.15) is 27.6 Å². The molecular weight excluding hydrogens is 292 g/mol. The van der Waals surface area contributed by atoms with Crippen molar-refractivity contribution >= 4 is 11.9 Å². The summed E-state index contributed by atoms with van der Waals surface area (Å²) >= 11 is 0. The number of aryl methyl sites for hydroxylation is 1. The van der Waals surface area contributed by atoms with Crippen molar-refractivity contribution in [1.29, 1.82) is 0 Å². The maximum atomic E-state index is 11.2. The molecule has 116 valence electrons. The van der Waals surface area contributed by atoms with Crippen LogP contribution in [-0.2, 0) is 6.54 Å². The van der Waals surface area contributed by atoms with Crippen molar-refractivity contribution in [2.45, 2.75) is 13.5 Å². The molecule has 0 bridgehead atoms. The Morgan fingerprint density at radius 2 is 1.68 bits per heavy atom. The molecular formula is C14H14N2O6. The Hall–Kier alpha value is -3.16. The van der Waals surface area contributed by atoms with Gasteiger partial charge in [-0.3, -0.25) is 9.59 Å². The summed E-state index contributed by atoms with van der Waals surface area (Å²) in [5.74, 6) is -2.38. The Balaban J connectivity index is 0.000000224. The molecule has 8 heteroatoms. The van der Waals surface area contributed by atoms with Crippen LogP contribution in [0.25, 0.3) is 0 Å². The van der Waals surface area contributed by atoms with E-state index in [9.17, 15) is 19.2 Å². The molecule has 2 aromatic rings. The van der Waals surface area contributed by atoms with Crippen molar-refractivity contribution in [3.63, 3.8) is 0 Å². The van der Waals surface area contributed by atoms with E-state index < -0.39 is 23.1 Å². The Morgan fingerprint density at radius 3 is 2.14 bits per heavy atom. The third-order valence-electron chi connectivity index (χ3n) is 2.64. The van der Waals surface area contributed by atoms with E-state index in [1.54, 1.807) is 19.2 Å². The highest BCUT2D eigenvalue weighted by atomic mass is 16.4. The van der Waals surface area contributed by atoms with E-state index in [4.69, 9.17) is 10.2 Å². The van der Waals surface area contributed by atoms with Crippen LogP contribution < -0.4 is 11.1 Å². The Bertz CT molecular complexity index is 790. The van der Waals surface area contributed by atoms with Gasteiger partial charge < -0.3 is 19.8 Å². The molecule has 2 heterocycles. The van der Waals surface area contributed by atoms with E-state index in [0.29, 0.717) is 6.54 Å². The lowest BCUT2D eigenvalue weighted by Gasteiger charge is -2.00. The van der Waals surface area contributed by atoms with Gasteiger partial charge in [-0.15, -0.1) is 0 Å². The van der Waals surface area contributed by atoms with Crippen LogP contribution in [-0.4, -0.2) is 31.7 Å². The molecule has 0 unspecified atom stereocenters. The highest BCUT2D eigenvalue weighted by Crippen LogP contribution is 1.91. The Kier molecular flexibility index (Phi) is 5.82. The zero-order valence-corrected chi connectivity index (χ0v) is 11.6. The molecule has 2 aromatic heterocycles. The number of aromatic amines is 1. The minimum atomic E-state index is -1.21. The molecule has 0 atom stereocenters. The number of carboxylic acid groups (broad SMARTS) is 2. The molecule has 8 nitrogen and oxygen atoms in total. The smallest absolute Gasteiger partial charge is 0.341 e. The minimum absolute atomic E-state index is 0.181. The van der Waals surface area contributed by atoms with Crippen molar-refractivity contribution in [2.75, 3.05) is 0 Å². The topological polar surface area (TPSA) is 129 Å². The molecule has 2 rings (SSSR count). The predicted molar refractivity (Wildman–Crippen MR) is 77.4 cm³/mol. The molecule has 0 radical (unpaired) electrons. The van der Waals surface area contributed by atoms with Gasteiger partial charge in [0.05, 0.1) is 0 Å². The number of nitrogens with one attached hydrogen (secondary N) is 1. The number of pyridine rings is 2. The lowest BCUT2D eigenvalue weighted by Crippen LogP contribution is -2.24. The van der Waals surface area contributed by atoms with E-state index in [2.05, 4.69) is 4.98 Å². The summed E-state index contributed by atoms with van der Waals surface area (Å²) in [7, 11) is 0. The van der Waals surface area contributed by atoms with Crippen molar-refractivity contribution < 1.29 is 19.8 Å². The van der Waals surface area contributed by atoms with E-state index in [1.807, 2.05) is 0 Å². The van der Waals surface area contributed by atoms with Gasteiger partial charge in [-0.1, -0.05) is 0 Å². The van der Waals surface area contributed by atoms with Crippen LogP contribution >= 0.6 is 0 Å². The number of aromatic nitrogens is 2. The molecule has 0 aliphatic carbocycles. The van der Waals surface area contributed by atoms with Gasteiger partial charge in [-0.05, 0) is 31.2 Å². The average Bonchev–Trinajstić information content (AvgIpc) is 2.48. The summed E-state index contributed by atoms with van der Waals surface area (Å²) in [6.45, 7) is 2.27. The standard InChI is InChI=1S/C8H9NO3.C6H5NO3/c1-2-9-5-3-4-6(7(9)10)8(11)12;8-5-4(6(9)10)2-1-3-7-5/h3-5H,2H2,1H3,(H,11,12);1-3H,(H,7,8)(H,9,10). The first kappa shape index (κ1) is 16.9. The summed E-state index contributed by atoms with van der Waals surface area (Å²) in [6, 6.07) is 5.57. The van der Waals surface area contributed by atoms with Gasteiger partial charge in [0, 0.05) is 18.9 Å². The van der Waals surface area contributed by atoms with Gasteiger partial charge in [0.15, 0.2) is 0 Å². The molecule has 3 N–H and O–H groups in total. The van der Waals surface area contributed by atoms with Crippen molar-refractivity contribution in [3.8, 4) is 0 Å². The number of carbonyl (C=O) groups is 2. The zero-order chi connectivity index (χ0) is 16.7. The van der Waals surface area contributed by atoms with Gasteiger partial charge in [-0.2, -0.15) is 0 Å². The highest BCUT2D eigenvalue weighted by Gasteiger charge is 2.08. The molecule has 0 aromatic carbocycles. The fourth-order valence-corrected chi connectivity index (χ4v) is 1.54. The summed E-state index contributed by atoms with van der Waals surface area (Å²) in [5, 5.41) is 16.9. The van der Waals surface area contributed by atoms with Crippen LogP contribution in [0.15, 0.2) is 46.2 Å². The first-order valence-electron chi connectivity index (χ1n) is 6.22. The number of carboxylic acids is 2. The second-order valence-corrected chi connectivity index (χ2v) is 4.04. The number of hydrogen-bond acceptors (Lipinski definition) is 4. The van der Waals surface area contributed by atoms with Crippen molar-refractivity contribution in [1.82, 2.24) is 9.55 Å².